The SMILES string of the molecule is CCCC1CCNC(C(=O)N[C@H](CO)[C@@H](C)O)C1. The van der Waals surface area contributed by atoms with Gasteiger partial charge in [0, 0.05) is 0 Å². The molecule has 0 saturated carbocycles. The Morgan fingerprint density at radius 2 is 2.28 bits per heavy atom. The molecule has 18 heavy (non-hydrogen) atoms. The standard InChI is InChI=1S/C13H26N2O3/c1-3-4-10-5-6-14-11(7-10)13(18)15-12(8-16)9(2)17/h9-12,14,16-17H,3-8H2,1-2H3,(H,15,18)/t9-,10?,11?,12-/m1/s1. The van der Waals surface area contributed by atoms with Crippen molar-refractivity contribution in [3.63, 3.8) is 0 Å². The van der Waals surface area contributed by atoms with Crippen molar-refractivity contribution in [1.82, 2.24) is 10.6 Å². The minimum atomic E-state index is -0.742. The van der Waals surface area contributed by atoms with E-state index in [-0.39, 0.29) is 18.6 Å². The van der Waals surface area contributed by atoms with Crippen LogP contribution in [0.5, 0.6) is 0 Å². The monoisotopic (exact) mass is 258 g/mol. The third kappa shape index (κ3) is 4.55. The van der Waals surface area contributed by atoms with Gasteiger partial charge in [-0.2, -0.15) is 0 Å². The fraction of sp³-hybridized carbons (Fsp3) is 0.923. The topological polar surface area (TPSA) is 81.6 Å². The normalized spacial score (nSPS) is 27.6. The van der Waals surface area contributed by atoms with Crippen LogP contribution < -0.4 is 10.6 Å². The fourth-order valence-corrected chi connectivity index (χ4v) is 2.47. The van der Waals surface area contributed by atoms with E-state index in [4.69, 9.17) is 5.11 Å². The van der Waals surface area contributed by atoms with E-state index in [0.29, 0.717) is 5.92 Å². The minimum Gasteiger partial charge on any atom is -0.394 e. The van der Waals surface area contributed by atoms with Crippen LogP contribution in [0.1, 0.15) is 39.5 Å². The molecule has 0 spiro atoms. The van der Waals surface area contributed by atoms with Crippen LogP contribution in [0.2, 0.25) is 0 Å². The lowest BCUT2D eigenvalue weighted by atomic mass is 9.88. The summed E-state index contributed by atoms with van der Waals surface area (Å²) in [6.45, 7) is 4.34. The van der Waals surface area contributed by atoms with Crippen molar-refractivity contribution in [1.29, 1.82) is 0 Å². The van der Waals surface area contributed by atoms with Crippen LogP contribution in [0.3, 0.4) is 0 Å². The second kappa shape index (κ2) is 7.71. The van der Waals surface area contributed by atoms with Crippen LogP contribution in [-0.2, 0) is 4.79 Å². The smallest absolute Gasteiger partial charge is 0.237 e. The van der Waals surface area contributed by atoms with Crippen molar-refractivity contribution in [2.45, 2.75) is 57.7 Å². The molecule has 0 radical (unpaired) electrons. The predicted molar refractivity (Wildman–Crippen MR) is 70.1 cm³/mol. The van der Waals surface area contributed by atoms with Crippen LogP contribution in [0.25, 0.3) is 0 Å². The zero-order chi connectivity index (χ0) is 13.5. The van der Waals surface area contributed by atoms with Gasteiger partial charge >= 0.3 is 0 Å². The van der Waals surface area contributed by atoms with Gasteiger partial charge in [0.25, 0.3) is 0 Å². The third-order valence-electron chi connectivity index (χ3n) is 3.63. The van der Waals surface area contributed by atoms with Crippen molar-refractivity contribution in [3.05, 3.63) is 0 Å². The summed E-state index contributed by atoms with van der Waals surface area (Å²) in [6, 6.07) is -0.769. The number of carbonyl (C=O) groups excluding carboxylic acids is 1. The molecule has 1 amide bonds. The number of nitrogens with one attached hydrogen (secondary N) is 2. The van der Waals surface area contributed by atoms with Gasteiger partial charge in [0.1, 0.15) is 0 Å². The maximum atomic E-state index is 12.0. The molecule has 1 fully saturated rings. The zero-order valence-electron chi connectivity index (χ0n) is 11.4. The molecular weight excluding hydrogens is 232 g/mol. The number of aliphatic hydroxyl groups excluding tert-OH is 2. The van der Waals surface area contributed by atoms with Crippen LogP contribution >= 0.6 is 0 Å². The van der Waals surface area contributed by atoms with Crippen molar-refractivity contribution < 1.29 is 15.0 Å². The average molecular weight is 258 g/mol. The van der Waals surface area contributed by atoms with Gasteiger partial charge in [0.15, 0.2) is 0 Å². The van der Waals surface area contributed by atoms with E-state index >= 15 is 0 Å². The van der Waals surface area contributed by atoms with Crippen LogP contribution in [0.4, 0.5) is 0 Å². The molecule has 0 aromatic heterocycles. The molecule has 1 rings (SSSR count). The largest absolute Gasteiger partial charge is 0.394 e. The van der Waals surface area contributed by atoms with E-state index in [0.717, 1.165) is 32.2 Å². The predicted octanol–water partition coefficient (Wildman–Crippen LogP) is 0.0126. The Morgan fingerprint density at radius 3 is 2.83 bits per heavy atom. The second-order valence-electron chi connectivity index (χ2n) is 5.22. The Labute approximate surface area is 109 Å². The lowest BCUT2D eigenvalue weighted by Gasteiger charge is -2.31. The van der Waals surface area contributed by atoms with E-state index in [1.807, 2.05) is 0 Å². The van der Waals surface area contributed by atoms with Gasteiger partial charge in [-0.3, -0.25) is 4.79 Å². The first-order valence-electron chi connectivity index (χ1n) is 6.91. The van der Waals surface area contributed by atoms with Crippen molar-refractivity contribution in [2.75, 3.05) is 13.2 Å². The maximum Gasteiger partial charge on any atom is 0.237 e. The number of carbonyl (C=O) groups is 1. The third-order valence-corrected chi connectivity index (χ3v) is 3.63. The van der Waals surface area contributed by atoms with Crippen LogP contribution in [0.15, 0.2) is 0 Å². The fourth-order valence-electron chi connectivity index (χ4n) is 2.47. The van der Waals surface area contributed by atoms with Crippen LogP contribution in [-0.4, -0.2) is 47.5 Å². The number of aliphatic hydroxyl groups is 2. The summed E-state index contributed by atoms with van der Waals surface area (Å²) >= 11 is 0. The van der Waals surface area contributed by atoms with Gasteiger partial charge in [0.2, 0.25) is 5.91 Å². The summed E-state index contributed by atoms with van der Waals surface area (Å²) in [7, 11) is 0. The van der Waals surface area contributed by atoms with E-state index in [1.165, 1.54) is 0 Å². The molecule has 4 N–H and O–H groups in total. The molecule has 4 atom stereocenters. The van der Waals surface area contributed by atoms with Gasteiger partial charge in [-0.15, -0.1) is 0 Å². The van der Waals surface area contributed by atoms with Crippen molar-refractivity contribution in [2.24, 2.45) is 5.92 Å². The number of rotatable bonds is 6. The summed E-state index contributed by atoms with van der Waals surface area (Å²) in [5, 5.41) is 24.4. The molecular formula is C13H26N2O3. The van der Waals surface area contributed by atoms with E-state index in [2.05, 4.69) is 17.6 Å². The summed E-state index contributed by atoms with van der Waals surface area (Å²) in [6.07, 6.45) is 3.53. The molecule has 1 aliphatic heterocycles. The Balaban J connectivity index is 2.45. The highest BCUT2D eigenvalue weighted by Gasteiger charge is 2.28. The van der Waals surface area contributed by atoms with E-state index in [9.17, 15) is 9.90 Å². The van der Waals surface area contributed by atoms with Gasteiger partial charge in [-0.1, -0.05) is 19.8 Å². The number of hydrogen-bond acceptors (Lipinski definition) is 4. The maximum absolute atomic E-state index is 12.0. The number of piperidine rings is 1. The van der Waals surface area contributed by atoms with E-state index in [1.54, 1.807) is 6.92 Å². The lowest BCUT2D eigenvalue weighted by molar-refractivity contribution is -0.126. The average Bonchev–Trinajstić information content (AvgIpc) is 2.36. The molecule has 5 nitrogen and oxygen atoms in total. The molecule has 5 heteroatoms. The molecule has 2 unspecified atom stereocenters. The Bertz CT molecular complexity index is 257. The number of hydrogen-bond donors (Lipinski definition) is 4. The second-order valence-corrected chi connectivity index (χ2v) is 5.22. The first kappa shape index (κ1) is 15.4. The lowest BCUT2D eigenvalue weighted by Crippen LogP contribution is -2.54. The molecule has 1 aliphatic rings. The van der Waals surface area contributed by atoms with Gasteiger partial charge in [-0.05, 0) is 32.2 Å². The van der Waals surface area contributed by atoms with Crippen molar-refractivity contribution >= 4 is 5.91 Å². The number of amides is 1. The molecule has 106 valence electrons. The first-order chi connectivity index (χ1) is 8.58. The quantitative estimate of drug-likeness (QED) is 0.541. The molecule has 1 heterocycles. The van der Waals surface area contributed by atoms with Gasteiger partial charge in [0.05, 0.1) is 24.8 Å². The highest BCUT2D eigenvalue weighted by Crippen LogP contribution is 2.21. The minimum absolute atomic E-state index is 0.115. The summed E-state index contributed by atoms with van der Waals surface area (Å²) in [5.41, 5.74) is 0. The Kier molecular flexibility index (Phi) is 6.60. The Hall–Kier alpha value is -0.650. The first-order valence-corrected chi connectivity index (χ1v) is 6.91. The van der Waals surface area contributed by atoms with Crippen molar-refractivity contribution in [3.8, 4) is 0 Å². The molecule has 0 aromatic rings. The highest BCUT2D eigenvalue weighted by atomic mass is 16.3. The van der Waals surface area contributed by atoms with E-state index < -0.39 is 12.1 Å². The van der Waals surface area contributed by atoms with Gasteiger partial charge < -0.3 is 20.8 Å². The summed E-state index contributed by atoms with van der Waals surface area (Å²) in [4.78, 5) is 12.0. The highest BCUT2D eigenvalue weighted by molar-refractivity contribution is 5.82. The molecule has 0 bridgehead atoms. The van der Waals surface area contributed by atoms with Gasteiger partial charge in [-0.25, -0.2) is 0 Å². The summed E-state index contributed by atoms with van der Waals surface area (Å²) in [5.74, 6) is 0.488. The summed E-state index contributed by atoms with van der Waals surface area (Å²) < 4.78 is 0. The molecule has 1 saturated heterocycles. The molecule has 0 aliphatic carbocycles. The molecule has 0 aromatic carbocycles. The zero-order valence-corrected chi connectivity index (χ0v) is 11.4. The Morgan fingerprint density at radius 1 is 1.56 bits per heavy atom. The van der Waals surface area contributed by atoms with Crippen LogP contribution in [0, 0.1) is 5.92 Å².